The van der Waals surface area contributed by atoms with Crippen molar-refractivity contribution in [2.24, 2.45) is 0 Å². The van der Waals surface area contributed by atoms with Crippen molar-refractivity contribution in [1.29, 1.82) is 0 Å². The summed E-state index contributed by atoms with van der Waals surface area (Å²) in [6, 6.07) is 9.98. The van der Waals surface area contributed by atoms with Gasteiger partial charge in [-0.05, 0) is 37.1 Å². The molecule has 0 saturated carbocycles. The molecule has 0 radical (unpaired) electrons. The average Bonchev–Trinajstić information content (AvgIpc) is 2.90. The van der Waals surface area contributed by atoms with Crippen LogP contribution in [0, 0.1) is 6.92 Å². The first-order valence-electron chi connectivity index (χ1n) is 8.32. The van der Waals surface area contributed by atoms with Gasteiger partial charge in [0.15, 0.2) is 0 Å². The first-order chi connectivity index (χ1) is 11.7. The second kappa shape index (κ2) is 7.49. The number of carbonyl (C=O) groups is 1. The number of carbonyl (C=O) groups excluding carboxylic acids is 1. The van der Waals surface area contributed by atoms with E-state index in [0.29, 0.717) is 5.69 Å². The Morgan fingerprint density at radius 2 is 2.00 bits per heavy atom. The number of ether oxygens (including phenoxy) is 1. The molecule has 24 heavy (non-hydrogen) atoms. The Morgan fingerprint density at radius 1 is 1.21 bits per heavy atom. The minimum Gasteiger partial charge on any atom is -0.497 e. The van der Waals surface area contributed by atoms with E-state index >= 15 is 0 Å². The van der Waals surface area contributed by atoms with Crippen molar-refractivity contribution in [3.05, 3.63) is 47.3 Å². The van der Waals surface area contributed by atoms with Crippen molar-refractivity contribution in [3.63, 3.8) is 0 Å². The third-order valence-corrected chi connectivity index (χ3v) is 4.37. The minimum atomic E-state index is 0.0191. The highest BCUT2D eigenvalue weighted by Gasteiger charge is 2.21. The molecule has 6 nitrogen and oxygen atoms in total. The van der Waals surface area contributed by atoms with E-state index in [1.165, 1.54) is 5.56 Å². The van der Waals surface area contributed by atoms with Crippen LogP contribution in [0.4, 0.5) is 0 Å². The van der Waals surface area contributed by atoms with Crippen LogP contribution in [0.2, 0.25) is 0 Å². The number of nitrogens with one attached hydrogen (secondary N) is 1. The molecule has 0 spiro atoms. The molecule has 1 aromatic carbocycles. The maximum Gasteiger partial charge on any atom is 0.274 e. The van der Waals surface area contributed by atoms with Gasteiger partial charge in [-0.1, -0.05) is 12.1 Å². The molecular formula is C18H24N4O2. The number of nitrogens with zero attached hydrogens (tertiary/aromatic N) is 3. The molecule has 0 aliphatic carbocycles. The third kappa shape index (κ3) is 3.94. The van der Waals surface area contributed by atoms with E-state index in [4.69, 9.17) is 4.74 Å². The number of benzene rings is 1. The highest BCUT2D eigenvalue weighted by atomic mass is 16.5. The molecule has 1 aromatic heterocycles. The van der Waals surface area contributed by atoms with Gasteiger partial charge in [-0.25, -0.2) is 0 Å². The number of aromatic nitrogens is 2. The molecule has 1 saturated heterocycles. The molecule has 1 aliphatic rings. The summed E-state index contributed by atoms with van der Waals surface area (Å²) in [5, 5.41) is 6.92. The van der Waals surface area contributed by atoms with E-state index in [0.717, 1.165) is 50.6 Å². The van der Waals surface area contributed by atoms with Gasteiger partial charge in [0, 0.05) is 38.4 Å². The summed E-state index contributed by atoms with van der Waals surface area (Å²) in [5.41, 5.74) is 2.68. The predicted octanol–water partition coefficient (Wildman–Crippen LogP) is 2.07. The number of H-pyrrole nitrogens is 1. The van der Waals surface area contributed by atoms with Crippen LogP contribution in [0.25, 0.3) is 0 Å². The fourth-order valence-electron chi connectivity index (χ4n) is 3.01. The number of methoxy groups -OCH3 is 1. The fraction of sp³-hybridized carbons (Fsp3) is 0.444. The predicted molar refractivity (Wildman–Crippen MR) is 92.1 cm³/mol. The van der Waals surface area contributed by atoms with Gasteiger partial charge >= 0.3 is 0 Å². The van der Waals surface area contributed by atoms with Crippen LogP contribution in [0.1, 0.15) is 28.2 Å². The summed E-state index contributed by atoms with van der Waals surface area (Å²) in [6.07, 6.45) is 0.977. The van der Waals surface area contributed by atoms with Crippen LogP contribution in [0.15, 0.2) is 30.3 Å². The van der Waals surface area contributed by atoms with Crippen LogP contribution >= 0.6 is 0 Å². The Morgan fingerprint density at radius 3 is 2.67 bits per heavy atom. The number of aryl methyl sites for hydroxylation is 1. The van der Waals surface area contributed by atoms with Crippen molar-refractivity contribution >= 4 is 5.91 Å². The van der Waals surface area contributed by atoms with Crippen molar-refractivity contribution in [3.8, 4) is 5.75 Å². The molecule has 0 atom stereocenters. The zero-order valence-electron chi connectivity index (χ0n) is 14.3. The standard InChI is InChI=1S/C18H24N4O2/c1-14-12-17(20-19-14)18(23)22-9-3-8-21(10-11-22)13-15-4-6-16(24-2)7-5-15/h4-7,12H,3,8-11,13H2,1-2H3,(H,19,20). The van der Waals surface area contributed by atoms with Crippen molar-refractivity contribution in [2.75, 3.05) is 33.3 Å². The van der Waals surface area contributed by atoms with Gasteiger partial charge < -0.3 is 9.64 Å². The quantitative estimate of drug-likeness (QED) is 0.933. The third-order valence-electron chi connectivity index (χ3n) is 4.37. The average molecular weight is 328 g/mol. The maximum atomic E-state index is 12.5. The number of aromatic amines is 1. The van der Waals surface area contributed by atoms with Gasteiger partial charge in [-0.2, -0.15) is 5.10 Å². The summed E-state index contributed by atoms with van der Waals surface area (Å²) in [4.78, 5) is 16.8. The van der Waals surface area contributed by atoms with Gasteiger partial charge in [0.1, 0.15) is 11.4 Å². The molecule has 3 rings (SSSR count). The van der Waals surface area contributed by atoms with Gasteiger partial charge in [-0.15, -0.1) is 0 Å². The Hall–Kier alpha value is -2.34. The Bertz CT molecular complexity index is 681. The summed E-state index contributed by atoms with van der Waals surface area (Å²) in [5.74, 6) is 0.895. The zero-order chi connectivity index (χ0) is 16.9. The topological polar surface area (TPSA) is 61.5 Å². The lowest BCUT2D eigenvalue weighted by Gasteiger charge is -2.21. The van der Waals surface area contributed by atoms with E-state index in [-0.39, 0.29) is 5.91 Å². The molecule has 1 amide bonds. The fourth-order valence-corrected chi connectivity index (χ4v) is 3.01. The Kier molecular flexibility index (Phi) is 5.15. The van der Waals surface area contributed by atoms with Gasteiger partial charge in [0.2, 0.25) is 0 Å². The maximum absolute atomic E-state index is 12.5. The van der Waals surface area contributed by atoms with E-state index in [9.17, 15) is 4.79 Å². The highest BCUT2D eigenvalue weighted by Crippen LogP contribution is 2.15. The lowest BCUT2D eigenvalue weighted by Crippen LogP contribution is -2.35. The number of hydrogen-bond donors (Lipinski definition) is 1. The van der Waals surface area contributed by atoms with Gasteiger partial charge in [0.05, 0.1) is 7.11 Å². The van der Waals surface area contributed by atoms with Crippen LogP contribution in [0.3, 0.4) is 0 Å². The SMILES string of the molecule is COc1ccc(CN2CCCN(C(=O)c3cc(C)[nH]n3)CC2)cc1. The van der Waals surface area contributed by atoms with Crippen LogP contribution in [-0.4, -0.2) is 59.2 Å². The molecular weight excluding hydrogens is 304 g/mol. The second-order valence-corrected chi connectivity index (χ2v) is 6.21. The summed E-state index contributed by atoms with van der Waals surface area (Å²) in [6.45, 7) is 6.19. The first-order valence-corrected chi connectivity index (χ1v) is 8.32. The highest BCUT2D eigenvalue weighted by molar-refractivity contribution is 5.92. The first kappa shape index (κ1) is 16.5. The molecule has 6 heteroatoms. The van der Waals surface area contributed by atoms with E-state index in [2.05, 4.69) is 27.2 Å². The Balaban J connectivity index is 1.57. The van der Waals surface area contributed by atoms with E-state index < -0.39 is 0 Å². The molecule has 0 bridgehead atoms. The van der Waals surface area contributed by atoms with Crippen LogP contribution in [-0.2, 0) is 6.54 Å². The number of rotatable bonds is 4. The monoisotopic (exact) mass is 328 g/mol. The summed E-state index contributed by atoms with van der Waals surface area (Å²) < 4.78 is 5.20. The molecule has 0 unspecified atom stereocenters. The number of hydrogen-bond acceptors (Lipinski definition) is 4. The lowest BCUT2D eigenvalue weighted by molar-refractivity contribution is 0.0755. The lowest BCUT2D eigenvalue weighted by atomic mass is 10.2. The minimum absolute atomic E-state index is 0.0191. The van der Waals surface area contributed by atoms with Crippen LogP contribution < -0.4 is 4.74 Å². The van der Waals surface area contributed by atoms with Crippen molar-refractivity contribution in [2.45, 2.75) is 19.9 Å². The van der Waals surface area contributed by atoms with Crippen molar-refractivity contribution in [1.82, 2.24) is 20.0 Å². The summed E-state index contributed by atoms with van der Waals surface area (Å²) in [7, 11) is 1.68. The largest absolute Gasteiger partial charge is 0.497 e. The zero-order valence-corrected chi connectivity index (χ0v) is 14.3. The van der Waals surface area contributed by atoms with Crippen LogP contribution in [0.5, 0.6) is 5.75 Å². The molecule has 1 N–H and O–H groups in total. The Labute approximate surface area is 142 Å². The smallest absolute Gasteiger partial charge is 0.274 e. The van der Waals surface area contributed by atoms with E-state index in [1.54, 1.807) is 7.11 Å². The van der Waals surface area contributed by atoms with Gasteiger partial charge in [0.25, 0.3) is 5.91 Å². The van der Waals surface area contributed by atoms with E-state index in [1.807, 2.05) is 30.0 Å². The summed E-state index contributed by atoms with van der Waals surface area (Å²) >= 11 is 0. The molecule has 2 aromatic rings. The normalized spacial score (nSPS) is 16.0. The van der Waals surface area contributed by atoms with Gasteiger partial charge in [-0.3, -0.25) is 14.8 Å². The molecule has 1 fully saturated rings. The molecule has 2 heterocycles. The molecule has 1 aliphatic heterocycles. The number of amides is 1. The van der Waals surface area contributed by atoms with Crippen molar-refractivity contribution < 1.29 is 9.53 Å². The second-order valence-electron chi connectivity index (χ2n) is 6.21. The molecule has 128 valence electrons.